The summed E-state index contributed by atoms with van der Waals surface area (Å²) in [5, 5.41) is 9.28. The van der Waals surface area contributed by atoms with Gasteiger partial charge in [0.1, 0.15) is 0 Å². The molecule has 0 atom stereocenters. The maximum absolute atomic E-state index is 12.1. The first-order valence-corrected chi connectivity index (χ1v) is 8.77. The van der Waals surface area contributed by atoms with Gasteiger partial charge in [-0.05, 0) is 36.4 Å². The number of anilines is 3. The number of nitrogens with one attached hydrogen (secondary N) is 3. The minimum Gasteiger partial charge on any atom is -0.308 e. The molecule has 0 unspecified atom stereocenters. The molecule has 3 rings (SSSR count). The Balaban J connectivity index is 1.70. The lowest BCUT2D eigenvalue weighted by molar-refractivity contribution is -0.115. The fourth-order valence-electron chi connectivity index (χ4n) is 2.13. The lowest BCUT2D eigenvalue weighted by Crippen LogP contribution is -2.19. The van der Waals surface area contributed by atoms with Gasteiger partial charge in [-0.15, -0.1) is 0 Å². The number of carbonyl (C=O) groups is 2. The van der Waals surface area contributed by atoms with Crippen LogP contribution >= 0.6 is 22.9 Å². The lowest BCUT2D eigenvalue weighted by Gasteiger charge is -2.07. The molecule has 0 aliphatic rings. The topological polar surface area (TPSA) is 83.1 Å². The molecule has 0 saturated heterocycles. The van der Waals surface area contributed by atoms with Crippen molar-refractivity contribution < 1.29 is 9.59 Å². The monoisotopic (exact) mass is 374 g/mol. The second kappa shape index (κ2) is 7.50. The number of hydrogen-bond donors (Lipinski definition) is 3. The highest BCUT2D eigenvalue weighted by atomic mass is 35.5. The smallest absolute Gasteiger partial charge is 0.308 e. The molecule has 1 heterocycles. The predicted molar refractivity (Wildman–Crippen MR) is 103 cm³/mol. The summed E-state index contributed by atoms with van der Waals surface area (Å²) in [6.45, 7) is 1.78. The minimum absolute atomic E-state index is 0.0849. The summed E-state index contributed by atoms with van der Waals surface area (Å²) >= 11 is 7.28. The Morgan fingerprint density at radius 2 is 1.84 bits per heavy atom. The highest BCUT2D eigenvalue weighted by molar-refractivity contribution is 7.22. The standard InChI is InChI=1S/C17H15ClN4O2S/c1-2-15(23)22-17-21-13-9-12(6-7-14(13)25-17)20-16(24)19-11-5-3-4-10(18)8-11/h3-9H,2H2,1H3,(H2,19,20,24)(H,21,22,23). The molecular weight excluding hydrogens is 360 g/mol. The number of fused-ring (bicyclic) bond motifs is 1. The van der Waals surface area contributed by atoms with Crippen molar-refractivity contribution in [2.24, 2.45) is 0 Å². The number of urea groups is 1. The van der Waals surface area contributed by atoms with E-state index in [0.29, 0.717) is 33.5 Å². The molecule has 0 spiro atoms. The zero-order valence-corrected chi connectivity index (χ0v) is 14.9. The number of halogens is 1. The van der Waals surface area contributed by atoms with E-state index in [9.17, 15) is 9.59 Å². The summed E-state index contributed by atoms with van der Waals surface area (Å²) in [4.78, 5) is 27.9. The van der Waals surface area contributed by atoms with E-state index < -0.39 is 0 Å². The lowest BCUT2D eigenvalue weighted by atomic mass is 10.3. The summed E-state index contributed by atoms with van der Waals surface area (Å²) in [6, 6.07) is 11.9. The highest BCUT2D eigenvalue weighted by Gasteiger charge is 2.09. The molecule has 6 nitrogen and oxygen atoms in total. The molecule has 2 aromatic carbocycles. The summed E-state index contributed by atoms with van der Waals surface area (Å²) in [7, 11) is 0. The first kappa shape index (κ1) is 17.2. The molecule has 8 heteroatoms. The zero-order chi connectivity index (χ0) is 17.8. The Morgan fingerprint density at radius 1 is 1.08 bits per heavy atom. The summed E-state index contributed by atoms with van der Waals surface area (Å²) in [5.74, 6) is -0.0849. The van der Waals surface area contributed by atoms with Gasteiger partial charge in [0.25, 0.3) is 0 Å². The molecule has 0 saturated carbocycles. The Labute approximate surface area is 153 Å². The van der Waals surface area contributed by atoms with E-state index in [1.54, 1.807) is 43.3 Å². The van der Waals surface area contributed by atoms with Crippen LogP contribution in [0.1, 0.15) is 13.3 Å². The molecule has 1 aromatic heterocycles. The van der Waals surface area contributed by atoms with Crippen LogP contribution < -0.4 is 16.0 Å². The molecule has 25 heavy (non-hydrogen) atoms. The van der Waals surface area contributed by atoms with Gasteiger partial charge in [-0.1, -0.05) is 35.9 Å². The number of rotatable bonds is 4. The third-order valence-corrected chi connectivity index (χ3v) is 4.48. The molecule has 0 fully saturated rings. The van der Waals surface area contributed by atoms with Gasteiger partial charge in [-0.25, -0.2) is 9.78 Å². The number of thiazole rings is 1. The molecule has 128 valence electrons. The molecule has 3 N–H and O–H groups in total. The molecule has 0 aliphatic carbocycles. The largest absolute Gasteiger partial charge is 0.323 e. The van der Waals surface area contributed by atoms with Crippen LogP contribution in [-0.2, 0) is 4.79 Å². The van der Waals surface area contributed by atoms with Gasteiger partial charge in [-0.3, -0.25) is 4.79 Å². The van der Waals surface area contributed by atoms with Gasteiger partial charge in [0.15, 0.2) is 5.13 Å². The molecule has 3 aromatic rings. The number of amides is 3. The average Bonchev–Trinajstić information content (AvgIpc) is 2.96. The SMILES string of the molecule is CCC(=O)Nc1nc2cc(NC(=O)Nc3cccc(Cl)c3)ccc2s1. The van der Waals surface area contributed by atoms with E-state index in [1.165, 1.54) is 11.3 Å². The van der Waals surface area contributed by atoms with Crippen molar-refractivity contribution in [2.45, 2.75) is 13.3 Å². The Bertz CT molecular complexity index is 941. The second-order valence-electron chi connectivity index (χ2n) is 5.19. The van der Waals surface area contributed by atoms with Gasteiger partial charge in [-0.2, -0.15) is 0 Å². The van der Waals surface area contributed by atoms with Gasteiger partial charge < -0.3 is 16.0 Å². The van der Waals surface area contributed by atoms with Gasteiger partial charge in [0, 0.05) is 22.8 Å². The summed E-state index contributed by atoms with van der Waals surface area (Å²) in [5.41, 5.74) is 1.91. The average molecular weight is 375 g/mol. The molecule has 0 aliphatic heterocycles. The Hall–Kier alpha value is -2.64. The summed E-state index contributed by atoms with van der Waals surface area (Å²) in [6.07, 6.45) is 0.395. The number of aromatic nitrogens is 1. The highest BCUT2D eigenvalue weighted by Crippen LogP contribution is 2.28. The molecule has 0 radical (unpaired) electrons. The van der Waals surface area contributed by atoms with Crippen molar-refractivity contribution in [3.63, 3.8) is 0 Å². The fourth-order valence-corrected chi connectivity index (χ4v) is 3.18. The van der Waals surface area contributed by atoms with Crippen molar-refractivity contribution >= 4 is 61.6 Å². The van der Waals surface area contributed by atoms with Crippen LogP contribution in [0.4, 0.5) is 21.3 Å². The van der Waals surface area contributed by atoms with Gasteiger partial charge >= 0.3 is 6.03 Å². The third kappa shape index (κ3) is 4.46. The van der Waals surface area contributed by atoms with Crippen LogP contribution in [0.5, 0.6) is 0 Å². The molecule has 0 bridgehead atoms. The Kier molecular flexibility index (Phi) is 5.16. The van der Waals surface area contributed by atoms with Crippen molar-refractivity contribution in [3.05, 3.63) is 47.5 Å². The Morgan fingerprint density at radius 3 is 2.56 bits per heavy atom. The van der Waals surface area contributed by atoms with E-state index in [4.69, 9.17) is 11.6 Å². The second-order valence-corrected chi connectivity index (χ2v) is 6.66. The van der Waals surface area contributed by atoms with Gasteiger partial charge in [0.05, 0.1) is 10.2 Å². The number of nitrogens with zero attached hydrogens (tertiary/aromatic N) is 1. The molecular formula is C17H15ClN4O2S. The fraction of sp³-hybridized carbons (Fsp3) is 0.118. The third-order valence-electron chi connectivity index (χ3n) is 3.30. The number of carbonyl (C=O) groups excluding carboxylic acids is 2. The predicted octanol–water partition coefficient (Wildman–Crippen LogP) is 4.94. The van der Waals surface area contributed by atoms with Crippen LogP contribution in [0, 0.1) is 0 Å². The zero-order valence-electron chi connectivity index (χ0n) is 13.3. The van der Waals surface area contributed by atoms with Crippen LogP contribution in [0.25, 0.3) is 10.2 Å². The van der Waals surface area contributed by atoms with Crippen molar-refractivity contribution in [3.8, 4) is 0 Å². The first-order valence-electron chi connectivity index (χ1n) is 7.57. The van der Waals surface area contributed by atoms with Crippen molar-refractivity contribution in [2.75, 3.05) is 16.0 Å². The van der Waals surface area contributed by atoms with Crippen LogP contribution in [-0.4, -0.2) is 16.9 Å². The minimum atomic E-state index is -0.378. The van der Waals surface area contributed by atoms with Crippen LogP contribution in [0.15, 0.2) is 42.5 Å². The van der Waals surface area contributed by atoms with Crippen molar-refractivity contribution in [1.82, 2.24) is 4.98 Å². The van der Waals surface area contributed by atoms with E-state index in [-0.39, 0.29) is 11.9 Å². The van der Waals surface area contributed by atoms with Crippen molar-refractivity contribution in [1.29, 1.82) is 0 Å². The molecule has 3 amide bonds. The van der Waals surface area contributed by atoms with E-state index in [0.717, 1.165) is 4.70 Å². The number of hydrogen-bond acceptors (Lipinski definition) is 4. The summed E-state index contributed by atoms with van der Waals surface area (Å²) < 4.78 is 0.923. The van der Waals surface area contributed by atoms with Crippen LogP contribution in [0.3, 0.4) is 0 Å². The van der Waals surface area contributed by atoms with E-state index in [1.807, 2.05) is 6.07 Å². The van der Waals surface area contributed by atoms with E-state index >= 15 is 0 Å². The van der Waals surface area contributed by atoms with E-state index in [2.05, 4.69) is 20.9 Å². The maximum Gasteiger partial charge on any atom is 0.323 e. The van der Waals surface area contributed by atoms with Gasteiger partial charge in [0.2, 0.25) is 5.91 Å². The quantitative estimate of drug-likeness (QED) is 0.604. The van der Waals surface area contributed by atoms with Crippen LogP contribution in [0.2, 0.25) is 5.02 Å². The normalized spacial score (nSPS) is 10.5. The first-order chi connectivity index (χ1) is 12.0. The maximum atomic E-state index is 12.1. The number of benzene rings is 2.